The van der Waals surface area contributed by atoms with Crippen molar-refractivity contribution in [2.45, 2.75) is 19.8 Å². The van der Waals surface area contributed by atoms with E-state index in [1.54, 1.807) is 18.2 Å². The summed E-state index contributed by atoms with van der Waals surface area (Å²) in [4.78, 5) is 10.7. The first-order chi connectivity index (χ1) is 14.8. The molecular formula is C24H21F3O4. The Bertz CT molecular complexity index is 1110. The van der Waals surface area contributed by atoms with Crippen LogP contribution in [-0.4, -0.2) is 24.8 Å². The molecule has 3 aromatic carbocycles. The smallest absolute Gasteiger partial charge is 0.341 e. The van der Waals surface area contributed by atoms with Gasteiger partial charge in [0, 0.05) is 5.56 Å². The quantitative estimate of drug-likeness (QED) is 0.524. The Morgan fingerprint density at radius 3 is 2.45 bits per heavy atom. The molecule has 0 amide bonds. The highest BCUT2D eigenvalue weighted by Gasteiger charge is 2.18. The highest BCUT2D eigenvalue weighted by Crippen LogP contribution is 2.33. The maximum Gasteiger partial charge on any atom is 0.341 e. The average Bonchev–Trinajstić information content (AvgIpc) is 2.72. The van der Waals surface area contributed by atoms with Crippen molar-refractivity contribution >= 4 is 5.97 Å². The summed E-state index contributed by atoms with van der Waals surface area (Å²) in [5.41, 5.74) is 2.73. The second-order valence-corrected chi connectivity index (χ2v) is 7.02. The normalized spacial score (nSPS) is 10.7. The Hall–Kier alpha value is -3.48. The molecule has 0 aliphatic heterocycles. The Kier molecular flexibility index (Phi) is 6.84. The number of rotatable bonds is 8. The van der Waals surface area contributed by atoms with Crippen molar-refractivity contribution in [2.75, 3.05) is 13.7 Å². The van der Waals surface area contributed by atoms with E-state index in [9.17, 15) is 18.0 Å². The number of benzene rings is 3. The molecule has 0 aliphatic carbocycles. The molecule has 0 saturated carbocycles. The molecule has 1 N–H and O–H groups in total. The number of methoxy groups -OCH3 is 1. The predicted octanol–water partition coefficient (Wildman–Crippen LogP) is 5.34. The Morgan fingerprint density at radius 1 is 1.00 bits per heavy atom. The zero-order valence-electron chi connectivity index (χ0n) is 17.0. The lowest BCUT2D eigenvalue weighted by molar-refractivity contribution is -0.139. The molecule has 0 bridgehead atoms. The van der Waals surface area contributed by atoms with Gasteiger partial charge in [0.1, 0.15) is 17.4 Å². The van der Waals surface area contributed by atoms with Crippen LogP contribution in [0.1, 0.15) is 16.7 Å². The fourth-order valence-electron chi connectivity index (χ4n) is 3.48. The molecule has 0 aliphatic rings. The van der Waals surface area contributed by atoms with Gasteiger partial charge in [-0.05, 0) is 78.4 Å². The summed E-state index contributed by atoms with van der Waals surface area (Å²) >= 11 is 0. The second kappa shape index (κ2) is 9.55. The molecule has 0 atom stereocenters. The van der Waals surface area contributed by atoms with Crippen molar-refractivity contribution in [3.8, 4) is 22.6 Å². The van der Waals surface area contributed by atoms with Gasteiger partial charge in [0.2, 0.25) is 0 Å². The lowest BCUT2D eigenvalue weighted by Crippen LogP contribution is -2.11. The molecule has 3 aromatic rings. The molecule has 7 heteroatoms. The molecular weight excluding hydrogens is 409 g/mol. The van der Waals surface area contributed by atoms with Gasteiger partial charge in [-0.1, -0.05) is 12.1 Å². The molecule has 0 saturated heterocycles. The van der Waals surface area contributed by atoms with E-state index in [0.717, 1.165) is 23.3 Å². The van der Waals surface area contributed by atoms with E-state index in [1.165, 1.54) is 19.2 Å². The number of carboxylic acids is 1. The summed E-state index contributed by atoms with van der Waals surface area (Å²) in [6.07, 6.45) is 0.230. The first-order valence-electron chi connectivity index (χ1n) is 9.55. The molecule has 0 aromatic heterocycles. The molecule has 4 nitrogen and oxygen atoms in total. The zero-order valence-corrected chi connectivity index (χ0v) is 17.0. The van der Waals surface area contributed by atoms with Gasteiger partial charge in [0.25, 0.3) is 0 Å². The Labute approximate surface area is 177 Å². The molecule has 0 spiro atoms. The Balaban J connectivity index is 1.92. The van der Waals surface area contributed by atoms with E-state index in [4.69, 9.17) is 14.6 Å². The van der Waals surface area contributed by atoms with E-state index >= 15 is 0 Å². The summed E-state index contributed by atoms with van der Waals surface area (Å²) in [6, 6.07) is 11.9. The van der Waals surface area contributed by atoms with Gasteiger partial charge in [-0.15, -0.1) is 0 Å². The number of aliphatic carboxylic acids is 1. The number of hydrogen-bond acceptors (Lipinski definition) is 3. The minimum atomic E-state index is -1.26. The molecule has 0 radical (unpaired) electrons. The fourth-order valence-corrected chi connectivity index (χ4v) is 3.48. The molecule has 31 heavy (non-hydrogen) atoms. The van der Waals surface area contributed by atoms with Crippen molar-refractivity contribution in [3.05, 3.63) is 82.7 Å². The Morgan fingerprint density at radius 2 is 1.77 bits per heavy atom. The fraction of sp³-hybridized carbons (Fsp3) is 0.208. The second-order valence-electron chi connectivity index (χ2n) is 7.02. The van der Waals surface area contributed by atoms with Gasteiger partial charge in [-0.25, -0.2) is 18.0 Å². The third-order valence-corrected chi connectivity index (χ3v) is 4.86. The highest BCUT2D eigenvalue weighted by atomic mass is 19.1. The van der Waals surface area contributed by atoms with Gasteiger partial charge in [0.15, 0.2) is 18.2 Å². The van der Waals surface area contributed by atoms with E-state index in [-0.39, 0.29) is 30.0 Å². The maximum absolute atomic E-state index is 14.7. The monoisotopic (exact) mass is 430 g/mol. The first-order valence-corrected chi connectivity index (χ1v) is 9.55. The third-order valence-electron chi connectivity index (χ3n) is 4.86. The van der Waals surface area contributed by atoms with Crippen molar-refractivity contribution in [2.24, 2.45) is 0 Å². The van der Waals surface area contributed by atoms with Gasteiger partial charge in [-0.2, -0.15) is 0 Å². The predicted molar refractivity (Wildman–Crippen MR) is 110 cm³/mol. The van der Waals surface area contributed by atoms with Crippen LogP contribution in [0.2, 0.25) is 0 Å². The van der Waals surface area contributed by atoms with Crippen LogP contribution < -0.4 is 9.47 Å². The van der Waals surface area contributed by atoms with Crippen molar-refractivity contribution in [1.82, 2.24) is 0 Å². The first kappa shape index (κ1) is 22.2. The van der Waals surface area contributed by atoms with Crippen LogP contribution in [0, 0.1) is 24.4 Å². The van der Waals surface area contributed by atoms with E-state index < -0.39 is 24.2 Å². The van der Waals surface area contributed by atoms with E-state index in [0.29, 0.717) is 16.9 Å². The van der Waals surface area contributed by atoms with Crippen LogP contribution in [0.3, 0.4) is 0 Å². The van der Waals surface area contributed by atoms with E-state index in [1.807, 2.05) is 13.0 Å². The van der Waals surface area contributed by atoms with Crippen molar-refractivity contribution in [1.29, 1.82) is 0 Å². The molecule has 162 valence electrons. The van der Waals surface area contributed by atoms with Crippen LogP contribution in [-0.2, 0) is 17.6 Å². The summed E-state index contributed by atoms with van der Waals surface area (Å²) in [5, 5.41) is 8.70. The van der Waals surface area contributed by atoms with Gasteiger partial charge < -0.3 is 14.6 Å². The van der Waals surface area contributed by atoms with Crippen LogP contribution in [0.15, 0.2) is 48.5 Å². The van der Waals surface area contributed by atoms with Gasteiger partial charge >= 0.3 is 5.97 Å². The molecule has 0 unspecified atom stereocenters. The van der Waals surface area contributed by atoms with Gasteiger partial charge in [0.05, 0.1) is 7.11 Å². The summed E-state index contributed by atoms with van der Waals surface area (Å²) in [5.74, 6) is -3.06. The van der Waals surface area contributed by atoms with Crippen LogP contribution in [0.5, 0.6) is 11.5 Å². The number of ether oxygens (including phenoxy) is 2. The summed E-state index contributed by atoms with van der Waals surface area (Å²) < 4.78 is 53.0. The topological polar surface area (TPSA) is 55.8 Å². The highest BCUT2D eigenvalue weighted by molar-refractivity contribution is 5.68. The minimum Gasteiger partial charge on any atom is -0.496 e. The standard InChI is InChI=1S/C24H21F3O4/c1-14-10-17(15-4-3-5-18(25)12-15)11-16(24(14)30-2)6-7-19-20(26)8-9-21(23(19)27)31-13-22(28)29/h3-5,8-12H,6-7,13H2,1-2H3,(H,28,29). The lowest BCUT2D eigenvalue weighted by Gasteiger charge is -2.15. The SMILES string of the molecule is COc1c(C)cc(-c2cccc(F)c2)cc1CCc1c(F)ccc(OCC(=O)O)c1F. The van der Waals surface area contributed by atoms with Crippen LogP contribution in [0.4, 0.5) is 13.2 Å². The number of aryl methyl sites for hydroxylation is 2. The van der Waals surface area contributed by atoms with Crippen molar-refractivity contribution in [3.63, 3.8) is 0 Å². The summed E-state index contributed by atoms with van der Waals surface area (Å²) in [7, 11) is 1.51. The average molecular weight is 430 g/mol. The zero-order chi connectivity index (χ0) is 22.5. The lowest BCUT2D eigenvalue weighted by atomic mass is 9.95. The molecule has 3 rings (SSSR count). The number of hydrogen-bond donors (Lipinski definition) is 1. The van der Waals surface area contributed by atoms with Gasteiger partial charge in [-0.3, -0.25) is 0 Å². The third kappa shape index (κ3) is 5.17. The summed E-state index contributed by atoms with van der Waals surface area (Å²) in [6.45, 7) is 1.11. The largest absolute Gasteiger partial charge is 0.496 e. The van der Waals surface area contributed by atoms with E-state index in [2.05, 4.69) is 0 Å². The van der Waals surface area contributed by atoms with Crippen LogP contribution in [0.25, 0.3) is 11.1 Å². The molecule has 0 fully saturated rings. The number of carboxylic acid groups (broad SMARTS) is 1. The maximum atomic E-state index is 14.7. The van der Waals surface area contributed by atoms with Crippen molar-refractivity contribution < 1.29 is 32.5 Å². The van der Waals surface area contributed by atoms with Crippen LogP contribution >= 0.6 is 0 Å². The number of halogens is 3. The number of carbonyl (C=O) groups is 1. The molecule has 0 heterocycles. The minimum absolute atomic E-state index is 0.00958.